The van der Waals surface area contributed by atoms with Crippen molar-refractivity contribution < 1.29 is 0 Å². The van der Waals surface area contributed by atoms with Crippen molar-refractivity contribution in [2.24, 2.45) is 0 Å². The van der Waals surface area contributed by atoms with Gasteiger partial charge in [0.1, 0.15) is 16.7 Å². The minimum absolute atomic E-state index is 0.0536. The van der Waals surface area contributed by atoms with Crippen molar-refractivity contribution in [1.82, 2.24) is 24.1 Å². The maximum absolute atomic E-state index is 13.7. The zero-order valence-corrected chi connectivity index (χ0v) is 18.5. The smallest absolute Gasteiger partial charge is 0.265 e. The summed E-state index contributed by atoms with van der Waals surface area (Å²) in [6.07, 6.45) is 0.846. The van der Waals surface area contributed by atoms with Crippen LogP contribution in [0.3, 0.4) is 0 Å². The lowest BCUT2D eigenvalue weighted by molar-refractivity contribution is 0.497. The first-order valence-electron chi connectivity index (χ1n) is 10.7. The van der Waals surface area contributed by atoms with Gasteiger partial charge in [-0.15, -0.1) is 0 Å². The lowest BCUT2D eigenvalue weighted by atomic mass is 10.1. The van der Waals surface area contributed by atoms with E-state index in [4.69, 9.17) is 15.0 Å². The molecule has 31 heavy (non-hydrogen) atoms. The van der Waals surface area contributed by atoms with Crippen LogP contribution in [0.1, 0.15) is 43.3 Å². The second-order valence-corrected chi connectivity index (χ2v) is 8.28. The van der Waals surface area contributed by atoms with E-state index < -0.39 is 0 Å². The van der Waals surface area contributed by atoms with Crippen molar-refractivity contribution in [2.75, 3.05) is 0 Å². The third-order valence-electron chi connectivity index (χ3n) is 6.27. The van der Waals surface area contributed by atoms with Crippen LogP contribution in [0.25, 0.3) is 38.9 Å². The van der Waals surface area contributed by atoms with E-state index in [0.29, 0.717) is 28.0 Å². The molecule has 0 unspecified atom stereocenters. The van der Waals surface area contributed by atoms with E-state index in [1.54, 1.807) is 4.57 Å². The van der Waals surface area contributed by atoms with E-state index in [0.717, 1.165) is 23.1 Å². The maximum atomic E-state index is 13.7. The number of para-hydroxylation sites is 2. The largest absolute Gasteiger partial charge is 0.293 e. The van der Waals surface area contributed by atoms with Gasteiger partial charge in [-0.1, -0.05) is 25.1 Å². The minimum Gasteiger partial charge on any atom is -0.293 e. The fourth-order valence-electron chi connectivity index (χ4n) is 4.22. The number of fused-ring (bicyclic) bond motifs is 4. The molecule has 0 aliphatic heterocycles. The molecule has 6 nitrogen and oxygen atoms in total. The molecule has 5 rings (SSSR count). The number of hydrogen-bond donors (Lipinski definition) is 0. The van der Waals surface area contributed by atoms with Gasteiger partial charge in [-0.2, -0.15) is 0 Å². The van der Waals surface area contributed by atoms with Crippen LogP contribution in [0.2, 0.25) is 0 Å². The topological polar surface area (TPSA) is 65.6 Å². The lowest BCUT2D eigenvalue weighted by Gasteiger charge is -2.16. The Morgan fingerprint density at radius 1 is 0.903 bits per heavy atom. The third-order valence-corrected chi connectivity index (χ3v) is 6.27. The summed E-state index contributed by atoms with van der Waals surface area (Å²) in [5, 5.41) is 0.525. The predicted molar refractivity (Wildman–Crippen MR) is 125 cm³/mol. The molecular formula is C25H25N5O. The number of aryl methyl sites for hydroxylation is 3. The van der Waals surface area contributed by atoms with Crippen molar-refractivity contribution in [3.8, 4) is 5.69 Å². The zero-order chi connectivity index (χ0) is 21.9. The monoisotopic (exact) mass is 411 g/mol. The maximum Gasteiger partial charge on any atom is 0.265 e. The molecule has 6 heteroatoms. The molecule has 0 fully saturated rings. The van der Waals surface area contributed by atoms with Crippen molar-refractivity contribution in [1.29, 1.82) is 0 Å². The van der Waals surface area contributed by atoms with Gasteiger partial charge in [0.25, 0.3) is 5.56 Å². The van der Waals surface area contributed by atoms with Gasteiger partial charge in [0.15, 0.2) is 11.3 Å². The van der Waals surface area contributed by atoms with E-state index in [1.165, 1.54) is 11.1 Å². The summed E-state index contributed by atoms with van der Waals surface area (Å²) in [7, 11) is 0. The predicted octanol–water partition coefficient (Wildman–Crippen LogP) is 5.18. The van der Waals surface area contributed by atoms with Gasteiger partial charge in [0.05, 0.1) is 11.0 Å². The van der Waals surface area contributed by atoms with Gasteiger partial charge in [-0.25, -0.2) is 15.0 Å². The molecule has 2 aromatic carbocycles. The summed E-state index contributed by atoms with van der Waals surface area (Å²) in [4.78, 5) is 28.4. The highest BCUT2D eigenvalue weighted by molar-refractivity contribution is 6.05. The van der Waals surface area contributed by atoms with E-state index >= 15 is 0 Å². The van der Waals surface area contributed by atoms with Gasteiger partial charge >= 0.3 is 0 Å². The van der Waals surface area contributed by atoms with Crippen LogP contribution in [0.15, 0.2) is 47.3 Å². The Hall–Kier alpha value is -3.54. The molecular weight excluding hydrogens is 386 g/mol. The van der Waals surface area contributed by atoms with Crippen LogP contribution in [0.5, 0.6) is 0 Å². The molecule has 0 saturated carbocycles. The van der Waals surface area contributed by atoms with E-state index in [2.05, 4.69) is 39.0 Å². The fraction of sp³-hybridized carbons (Fsp3) is 0.280. The van der Waals surface area contributed by atoms with E-state index in [1.807, 2.05) is 42.7 Å². The molecule has 156 valence electrons. The van der Waals surface area contributed by atoms with E-state index in [-0.39, 0.29) is 11.6 Å². The number of nitrogens with zero attached hydrogens (tertiary/aromatic N) is 5. The van der Waals surface area contributed by atoms with Crippen LogP contribution in [0, 0.1) is 20.8 Å². The second kappa shape index (κ2) is 7.01. The van der Waals surface area contributed by atoms with Crippen molar-refractivity contribution in [2.45, 2.75) is 47.1 Å². The summed E-state index contributed by atoms with van der Waals surface area (Å²) in [5.74, 6) is 0.698. The highest BCUT2D eigenvalue weighted by Gasteiger charge is 2.23. The first-order chi connectivity index (χ1) is 14.9. The van der Waals surface area contributed by atoms with Crippen LogP contribution < -0.4 is 5.56 Å². The van der Waals surface area contributed by atoms with Crippen LogP contribution in [-0.2, 0) is 0 Å². The highest BCUT2D eigenvalue weighted by Crippen LogP contribution is 2.30. The Kier molecular flexibility index (Phi) is 4.39. The van der Waals surface area contributed by atoms with Crippen LogP contribution in [0.4, 0.5) is 0 Å². The highest BCUT2D eigenvalue weighted by atomic mass is 16.1. The van der Waals surface area contributed by atoms with Gasteiger partial charge < -0.3 is 0 Å². The average molecular weight is 412 g/mol. The number of rotatable bonds is 3. The average Bonchev–Trinajstić information content (AvgIpc) is 3.06. The Morgan fingerprint density at radius 3 is 2.29 bits per heavy atom. The molecule has 0 saturated heterocycles. The molecule has 3 heterocycles. The first kappa shape index (κ1) is 19.4. The minimum atomic E-state index is -0.0611. The summed E-state index contributed by atoms with van der Waals surface area (Å²) < 4.78 is 3.76. The summed E-state index contributed by atoms with van der Waals surface area (Å²) in [5.41, 5.74) is 6.68. The summed E-state index contributed by atoms with van der Waals surface area (Å²) >= 11 is 0. The molecule has 0 aliphatic rings. The zero-order valence-electron chi connectivity index (χ0n) is 18.5. The second-order valence-electron chi connectivity index (χ2n) is 8.28. The normalized spacial score (nSPS) is 12.8. The molecule has 0 aliphatic carbocycles. The molecule has 0 radical (unpaired) electrons. The van der Waals surface area contributed by atoms with Crippen molar-refractivity contribution in [3.05, 3.63) is 69.8 Å². The SMILES string of the molecule is CC[C@H](C)n1c(C)nc2c(c1=O)c1nc3ccccc3nc1n2-c1ccc(C)c(C)c1. The molecule has 0 N–H and O–H groups in total. The molecule has 0 spiro atoms. The number of benzene rings is 2. The van der Waals surface area contributed by atoms with E-state index in [9.17, 15) is 4.79 Å². The molecule has 0 amide bonds. The van der Waals surface area contributed by atoms with Gasteiger partial charge in [-0.05, 0) is 69.5 Å². The standard InChI is InChI=1S/C25H25N5O/c1-6-16(4)29-17(5)26-23-21(25(29)31)22-24(28-20-10-8-7-9-19(20)27-22)30(23)18-12-11-14(2)15(3)13-18/h7-13,16H,6H2,1-5H3/t16-/m0/s1. The van der Waals surface area contributed by atoms with Crippen LogP contribution in [-0.4, -0.2) is 24.1 Å². The van der Waals surface area contributed by atoms with Crippen molar-refractivity contribution in [3.63, 3.8) is 0 Å². The lowest BCUT2D eigenvalue weighted by Crippen LogP contribution is -2.26. The van der Waals surface area contributed by atoms with Gasteiger partial charge in [0, 0.05) is 11.7 Å². The first-order valence-corrected chi connectivity index (χ1v) is 10.7. The fourth-order valence-corrected chi connectivity index (χ4v) is 4.22. The number of hydrogen-bond acceptors (Lipinski definition) is 4. The van der Waals surface area contributed by atoms with Crippen LogP contribution >= 0.6 is 0 Å². The third kappa shape index (κ3) is 2.86. The Bertz CT molecular complexity index is 1540. The summed E-state index contributed by atoms with van der Waals surface area (Å²) in [6, 6.07) is 14.1. The Balaban J connectivity index is 2.02. The Labute approximate surface area is 180 Å². The Morgan fingerprint density at radius 2 is 1.61 bits per heavy atom. The summed E-state index contributed by atoms with van der Waals surface area (Å²) in [6.45, 7) is 10.2. The van der Waals surface area contributed by atoms with Crippen molar-refractivity contribution >= 4 is 33.2 Å². The molecule has 5 aromatic rings. The molecule has 1 atom stereocenters. The molecule has 0 bridgehead atoms. The quantitative estimate of drug-likeness (QED) is 0.410. The number of aromatic nitrogens is 5. The van der Waals surface area contributed by atoms with Gasteiger partial charge in [-0.3, -0.25) is 13.9 Å². The van der Waals surface area contributed by atoms with Gasteiger partial charge in [0.2, 0.25) is 0 Å². The molecule has 3 aromatic heterocycles.